The second-order valence-corrected chi connectivity index (χ2v) is 8.83. The number of benzene rings is 1. The zero-order chi connectivity index (χ0) is 20.8. The SMILES string of the molecule is Cc1cc(OCCC(O)CO)ccc1C=CS(=O)(=O)N1CCC(N)(C#N)CC1. The van der Waals surface area contributed by atoms with E-state index in [-0.39, 0.29) is 26.3 Å². The molecule has 0 aromatic heterocycles. The number of nitrogens with two attached hydrogens (primary N) is 1. The summed E-state index contributed by atoms with van der Waals surface area (Å²) in [6.45, 7) is 2.26. The van der Waals surface area contributed by atoms with Crippen LogP contribution in [0.2, 0.25) is 0 Å². The number of nitrogens with zero attached hydrogens (tertiary/aromatic N) is 2. The third-order valence-corrected chi connectivity index (χ3v) is 6.35. The number of ether oxygens (including phenoxy) is 1. The third kappa shape index (κ3) is 6.02. The van der Waals surface area contributed by atoms with Crippen molar-refractivity contribution >= 4 is 16.1 Å². The third-order valence-electron chi connectivity index (χ3n) is 4.79. The van der Waals surface area contributed by atoms with Gasteiger partial charge >= 0.3 is 0 Å². The number of nitriles is 1. The number of aliphatic hydroxyl groups is 2. The predicted molar refractivity (Wildman–Crippen MR) is 106 cm³/mol. The van der Waals surface area contributed by atoms with Gasteiger partial charge in [0.05, 0.1) is 25.4 Å². The molecule has 1 saturated heterocycles. The molecular formula is C19H27N3O5S. The summed E-state index contributed by atoms with van der Waals surface area (Å²) in [5, 5.41) is 28.3. The number of aryl methyl sites for hydroxylation is 1. The highest BCUT2D eigenvalue weighted by Gasteiger charge is 2.34. The number of aliphatic hydroxyl groups excluding tert-OH is 2. The van der Waals surface area contributed by atoms with Gasteiger partial charge in [-0.1, -0.05) is 6.07 Å². The molecule has 1 unspecified atom stereocenters. The monoisotopic (exact) mass is 409 g/mol. The van der Waals surface area contributed by atoms with E-state index in [0.29, 0.717) is 25.0 Å². The molecule has 1 heterocycles. The molecule has 0 bridgehead atoms. The molecule has 1 aromatic rings. The normalized spacial score (nSPS) is 18.7. The van der Waals surface area contributed by atoms with Gasteiger partial charge in [0.25, 0.3) is 0 Å². The van der Waals surface area contributed by atoms with Crippen LogP contribution < -0.4 is 10.5 Å². The number of hydrogen-bond acceptors (Lipinski definition) is 7. The lowest BCUT2D eigenvalue weighted by Gasteiger charge is -2.33. The minimum absolute atomic E-state index is 0.224. The van der Waals surface area contributed by atoms with E-state index in [1.807, 2.05) is 13.0 Å². The van der Waals surface area contributed by atoms with E-state index in [1.54, 1.807) is 24.3 Å². The molecule has 0 aliphatic carbocycles. The summed E-state index contributed by atoms with van der Waals surface area (Å²) in [4.78, 5) is 0. The van der Waals surface area contributed by atoms with Gasteiger partial charge in [0.1, 0.15) is 11.3 Å². The lowest BCUT2D eigenvalue weighted by atomic mass is 9.91. The fourth-order valence-corrected chi connectivity index (χ4v) is 4.01. The largest absolute Gasteiger partial charge is 0.493 e. The quantitative estimate of drug-likeness (QED) is 0.576. The molecule has 154 valence electrons. The number of sulfonamides is 1. The summed E-state index contributed by atoms with van der Waals surface area (Å²) >= 11 is 0. The summed E-state index contributed by atoms with van der Waals surface area (Å²) in [6, 6.07) is 7.32. The molecule has 1 aliphatic rings. The van der Waals surface area contributed by atoms with E-state index < -0.39 is 21.7 Å². The van der Waals surface area contributed by atoms with Crippen molar-refractivity contribution in [3.8, 4) is 11.8 Å². The predicted octanol–water partition coefficient (Wildman–Crippen LogP) is 0.735. The first kappa shape index (κ1) is 22.3. The Balaban J connectivity index is 1.98. The smallest absolute Gasteiger partial charge is 0.236 e. The topological polar surface area (TPSA) is 137 Å². The Morgan fingerprint density at radius 3 is 2.68 bits per heavy atom. The Labute approximate surface area is 165 Å². The summed E-state index contributed by atoms with van der Waals surface area (Å²) in [5.41, 5.74) is 6.52. The van der Waals surface area contributed by atoms with Crippen LogP contribution >= 0.6 is 0 Å². The van der Waals surface area contributed by atoms with Crippen molar-refractivity contribution in [2.45, 2.75) is 37.8 Å². The average molecular weight is 410 g/mol. The second kappa shape index (κ2) is 9.49. The van der Waals surface area contributed by atoms with E-state index in [2.05, 4.69) is 0 Å². The fourth-order valence-electron chi connectivity index (χ4n) is 2.83. The molecule has 0 saturated carbocycles. The van der Waals surface area contributed by atoms with E-state index in [0.717, 1.165) is 11.1 Å². The highest BCUT2D eigenvalue weighted by Crippen LogP contribution is 2.23. The molecular weight excluding hydrogens is 382 g/mol. The molecule has 0 spiro atoms. The Kier molecular flexibility index (Phi) is 7.57. The molecule has 28 heavy (non-hydrogen) atoms. The van der Waals surface area contributed by atoms with Crippen molar-refractivity contribution in [3.05, 3.63) is 34.7 Å². The maximum atomic E-state index is 12.5. The average Bonchev–Trinajstić information content (AvgIpc) is 2.67. The van der Waals surface area contributed by atoms with Crippen molar-refractivity contribution in [2.75, 3.05) is 26.3 Å². The van der Waals surface area contributed by atoms with Crippen LogP contribution in [0.5, 0.6) is 5.75 Å². The molecule has 8 nitrogen and oxygen atoms in total. The highest BCUT2D eigenvalue weighted by atomic mass is 32.2. The van der Waals surface area contributed by atoms with Gasteiger partial charge in [-0.05, 0) is 49.1 Å². The van der Waals surface area contributed by atoms with Gasteiger partial charge in [-0.3, -0.25) is 0 Å². The van der Waals surface area contributed by atoms with E-state index in [4.69, 9.17) is 20.8 Å². The lowest BCUT2D eigenvalue weighted by Crippen LogP contribution is -2.50. The van der Waals surface area contributed by atoms with Crippen LogP contribution in [-0.4, -0.2) is 60.9 Å². The van der Waals surface area contributed by atoms with Crippen LogP contribution in [0.15, 0.2) is 23.6 Å². The first-order valence-electron chi connectivity index (χ1n) is 9.10. The maximum Gasteiger partial charge on any atom is 0.236 e. The fraction of sp³-hybridized carbons (Fsp3) is 0.526. The molecule has 0 radical (unpaired) electrons. The van der Waals surface area contributed by atoms with Gasteiger partial charge in [0.2, 0.25) is 10.0 Å². The zero-order valence-electron chi connectivity index (χ0n) is 15.9. The van der Waals surface area contributed by atoms with Crippen molar-refractivity contribution in [2.24, 2.45) is 5.73 Å². The summed E-state index contributed by atoms with van der Waals surface area (Å²) in [5.74, 6) is 0.606. The van der Waals surface area contributed by atoms with Gasteiger partial charge in [0.15, 0.2) is 0 Å². The van der Waals surface area contributed by atoms with Crippen molar-refractivity contribution < 1.29 is 23.4 Å². The summed E-state index contributed by atoms with van der Waals surface area (Å²) in [7, 11) is -3.59. The van der Waals surface area contributed by atoms with Crippen LogP contribution in [0.1, 0.15) is 30.4 Å². The van der Waals surface area contributed by atoms with Gasteiger partial charge < -0.3 is 20.7 Å². The minimum Gasteiger partial charge on any atom is -0.493 e. The van der Waals surface area contributed by atoms with Crippen molar-refractivity contribution in [1.82, 2.24) is 4.31 Å². The lowest BCUT2D eigenvalue weighted by molar-refractivity contribution is 0.0754. The summed E-state index contributed by atoms with van der Waals surface area (Å²) < 4.78 is 31.9. The second-order valence-electron chi connectivity index (χ2n) is 7.01. The van der Waals surface area contributed by atoms with E-state index in [9.17, 15) is 13.5 Å². The molecule has 1 aliphatic heterocycles. The van der Waals surface area contributed by atoms with E-state index in [1.165, 1.54) is 9.71 Å². The van der Waals surface area contributed by atoms with Crippen molar-refractivity contribution in [3.63, 3.8) is 0 Å². The van der Waals surface area contributed by atoms with Gasteiger partial charge in [-0.2, -0.15) is 9.57 Å². The molecule has 4 N–H and O–H groups in total. The standard InChI is InChI=1S/C19H27N3O5S/c1-15-12-18(27-10-4-17(24)13-23)3-2-16(15)5-11-28(25,26)22-8-6-19(21,14-20)7-9-22/h2-3,5,11-12,17,23-24H,4,6-10,13,21H2,1H3. The Hall–Kier alpha value is -1.96. The van der Waals surface area contributed by atoms with Crippen molar-refractivity contribution in [1.29, 1.82) is 5.26 Å². The van der Waals surface area contributed by atoms with Gasteiger partial charge in [-0.15, -0.1) is 0 Å². The Bertz CT molecular complexity index is 840. The molecule has 0 amide bonds. The van der Waals surface area contributed by atoms with E-state index >= 15 is 0 Å². The molecule has 9 heteroatoms. The Morgan fingerprint density at radius 2 is 2.11 bits per heavy atom. The molecule has 2 rings (SSSR count). The number of rotatable bonds is 8. The Morgan fingerprint density at radius 1 is 1.43 bits per heavy atom. The first-order chi connectivity index (χ1) is 13.2. The highest BCUT2D eigenvalue weighted by molar-refractivity contribution is 7.92. The first-order valence-corrected chi connectivity index (χ1v) is 10.6. The minimum atomic E-state index is -3.59. The maximum absolute atomic E-state index is 12.5. The van der Waals surface area contributed by atoms with Crippen LogP contribution in [0, 0.1) is 18.3 Å². The van der Waals surface area contributed by atoms with Crippen LogP contribution in [0.4, 0.5) is 0 Å². The van der Waals surface area contributed by atoms with Crippen LogP contribution in [-0.2, 0) is 10.0 Å². The zero-order valence-corrected chi connectivity index (χ0v) is 16.7. The molecule has 1 fully saturated rings. The van der Waals surface area contributed by atoms with Gasteiger partial charge in [-0.25, -0.2) is 8.42 Å². The van der Waals surface area contributed by atoms with Gasteiger partial charge in [0, 0.05) is 24.9 Å². The van der Waals surface area contributed by atoms with Crippen LogP contribution in [0.3, 0.4) is 0 Å². The molecule has 1 aromatic carbocycles. The summed E-state index contributed by atoms with van der Waals surface area (Å²) in [6.07, 6.45) is 1.68. The number of hydrogen-bond donors (Lipinski definition) is 3. The molecule has 1 atom stereocenters. The van der Waals surface area contributed by atoms with Crippen LogP contribution in [0.25, 0.3) is 6.08 Å². The number of piperidine rings is 1.